The van der Waals surface area contributed by atoms with Gasteiger partial charge in [-0.25, -0.2) is 14.1 Å². The van der Waals surface area contributed by atoms with E-state index in [1.165, 1.54) is 37.3 Å². The van der Waals surface area contributed by atoms with Crippen molar-refractivity contribution in [3.05, 3.63) is 89.2 Å². The Labute approximate surface area is 356 Å². The molecule has 2 heterocycles. The zero-order valence-electron chi connectivity index (χ0n) is 33.9. The van der Waals surface area contributed by atoms with Gasteiger partial charge in [0, 0.05) is 33.3 Å². The summed E-state index contributed by atoms with van der Waals surface area (Å²) in [4.78, 5) is 76.6. The summed E-state index contributed by atoms with van der Waals surface area (Å²) in [6.45, 7) is 4.24. The zero-order valence-corrected chi connectivity index (χ0v) is 36.2. The topological polar surface area (TPSA) is 214 Å². The lowest BCUT2D eigenvalue weighted by Crippen LogP contribution is -2.59. The fourth-order valence-electron chi connectivity index (χ4n) is 7.48. The van der Waals surface area contributed by atoms with Gasteiger partial charge in [0.1, 0.15) is 37.0 Å². The lowest BCUT2D eigenvalue weighted by atomic mass is 9.85. The minimum absolute atomic E-state index is 0.0183. The Morgan fingerprint density at radius 2 is 1.46 bits per heavy atom. The largest absolute Gasteiger partial charge is 0.508 e. The van der Waals surface area contributed by atoms with Crippen molar-refractivity contribution in [1.82, 2.24) is 9.99 Å². The second-order valence-corrected chi connectivity index (χ2v) is 15.4. The molecule has 2 aliphatic rings. The van der Waals surface area contributed by atoms with Crippen molar-refractivity contribution in [2.75, 3.05) is 19.4 Å². The number of ether oxygens (including phenoxy) is 6. The molecule has 16 nitrogen and oxygen atoms in total. The van der Waals surface area contributed by atoms with Gasteiger partial charge in [-0.1, -0.05) is 57.9 Å². The number of phenolic OH excluding ortho intramolecular Hbond substituents is 1. The number of halogens is 1. The molecule has 0 radical (unpaired) electrons. The first-order valence-electron chi connectivity index (χ1n) is 19.4. The smallest absolute Gasteiger partial charge is 0.416 e. The van der Waals surface area contributed by atoms with E-state index in [0.717, 1.165) is 25.7 Å². The van der Waals surface area contributed by atoms with E-state index in [9.17, 15) is 43.4 Å². The van der Waals surface area contributed by atoms with E-state index >= 15 is 0 Å². The van der Waals surface area contributed by atoms with Crippen LogP contribution in [0.5, 0.6) is 5.75 Å². The van der Waals surface area contributed by atoms with Crippen LogP contribution in [-0.2, 0) is 52.4 Å². The monoisotopic (exact) mass is 886 g/mol. The number of amides is 2. The Balaban J connectivity index is 1.45. The maximum Gasteiger partial charge on any atom is 0.416 e. The first-order chi connectivity index (χ1) is 29.0. The van der Waals surface area contributed by atoms with E-state index in [1.54, 1.807) is 36.4 Å². The first-order valence-corrected chi connectivity index (χ1v) is 20.8. The SMILES string of the molecule is CC(=O)OC[C@H]1OC(c2ccc(-c3ccc([C@@H](NP)[C@@H](CC[C@H](O)c4ccc(F)cc4)C(=O)N4C(=O)OC[C@@H]4CP)c(O)c3)cc2)[C@H](OC(C)=O)[C@@H](OC(C)=O)[C@@H]1OC(C)=O. The van der Waals surface area contributed by atoms with Crippen LogP contribution in [0.4, 0.5) is 9.18 Å². The number of hydrogen-bond acceptors (Lipinski definition) is 15. The van der Waals surface area contributed by atoms with Crippen LogP contribution in [0.15, 0.2) is 66.7 Å². The van der Waals surface area contributed by atoms with E-state index in [0.29, 0.717) is 34.0 Å². The molecule has 0 bridgehead atoms. The number of nitrogens with zero attached hydrogens (tertiary/aromatic N) is 1. The number of aromatic hydroxyl groups is 1. The van der Waals surface area contributed by atoms with Crippen LogP contribution in [0.25, 0.3) is 11.1 Å². The molecule has 5 rings (SSSR count). The fraction of sp³-hybridized carbons (Fsp3) is 0.429. The number of esters is 4. The number of carbonyl (C=O) groups excluding carboxylic acids is 6. The van der Waals surface area contributed by atoms with Gasteiger partial charge in [0.05, 0.1) is 24.1 Å². The summed E-state index contributed by atoms with van der Waals surface area (Å²) in [6.07, 6.45) is -7.58. The molecule has 11 atom stereocenters. The molecule has 0 aliphatic carbocycles. The molecule has 3 aromatic carbocycles. The Morgan fingerprint density at radius 1 is 0.852 bits per heavy atom. The number of phenols is 1. The highest BCUT2D eigenvalue weighted by atomic mass is 31.0. The molecule has 0 aromatic heterocycles. The Morgan fingerprint density at radius 3 is 2.03 bits per heavy atom. The summed E-state index contributed by atoms with van der Waals surface area (Å²) in [5.41, 5.74) is 2.38. The molecular formula is C42H49FN2O14P2. The molecule has 3 aromatic rings. The molecule has 0 saturated carbocycles. The molecule has 2 saturated heterocycles. The molecule has 2 aliphatic heterocycles. The van der Waals surface area contributed by atoms with Crippen molar-refractivity contribution < 1.29 is 71.8 Å². The number of benzene rings is 3. The van der Waals surface area contributed by atoms with Crippen molar-refractivity contribution >= 4 is 54.5 Å². The predicted molar refractivity (Wildman–Crippen MR) is 221 cm³/mol. The second kappa shape index (κ2) is 21.2. The molecule has 0 spiro atoms. The fourth-order valence-corrected chi connectivity index (χ4v) is 8.23. The van der Waals surface area contributed by atoms with Crippen LogP contribution >= 0.6 is 18.6 Å². The number of imide groups is 1. The molecule has 328 valence electrons. The van der Waals surface area contributed by atoms with Crippen LogP contribution in [0.3, 0.4) is 0 Å². The second-order valence-electron chi connectivity index (χ2n) is 14.6. The Bertz CT molecular complexity index is 2070. The predicted octanol–water partition coefficient (Wildman–Crippen LogP) is 4.77. The van der Waals surface area contributed by atoms with E-state index in [-0.39, 0.29) is 31.8 Å². The van der Waals surface area contributed by atoms with E-state index in [2.05, 4.69) is 23.7 Å². The van der Waals surface area contributed by atoms with Crippen LogP contribution < -0.4 is 5.09 Å². The third-order valence-electron chi connectivity index (χ3n) is 10.3. The highest BCUT2D eigenvalue weighted by Gasteiger charge is 2.52. The van der Waals surface area contributed by atoms with E-state index in [1.807, 2.05) is 0 Å². The molecule has 3 unspecified atom stereocenters. The summed E-state index contributed by atoms with van der Waals surface area (Å²) in [6, 6.07) is 15.5. The summed E-state index contributed by atoms with van der Waals surface area (Å²) in [7, 11) is 4.85. The minimum Gasteiger partial charge on any atom is -0.508 e. The molecule has 2 amide bonds. The number of rotatable bonds is 16. The maximum atomic E-state index is 14.2. The van der Waals surface area contributed by atoms with Gasteiger partial charge in [-0.15, -0.1) is 9.24 Å². The van der Waals surface area contributed by atoms with Gasteiger partial charge in [-0.05, 0) is 59.5 Å². The molecular weight excluding hydrogens is 837 g/mol. The molecule has 3 N–H and O–H groups in total. The number of aliphatic hydroxyl groups is 1. The van der Waals surface area contributed by atoms with Gasteiger partial charge in [0.2, 0.25) is 5.91 Å². The van der Waals surface area contributed by atoms with Gasteiger partial charge >= 0.3 is 30.0 Å². The molecule has 19 heteroatoms. The van der Waals surface area contributed by atoms with Gasteiger partial charge in [0.15, 0.2) is 18.3 Å². The van der Waals surface area contributed by atoms with Crippen molar-refractivity contribution in [2.45, 2.75) is 89.2 Å². The summed E-state index contributed by atoms with van der Waals surface area (Å²) in [5, 5.41) is 25.6. The average molecular weight is 887 g/mol. The normalized spacial score (nSPS) is 22.6. The van der Waals surface area contributed by atoms with Crippen molar-refractivity contribution in [3.8, 4) is 16.9 Å². The van der Waals surface area contributed by atoms with Crippen molar-refractivity contribution in [3.63, 3.8) is 0 Å². The Kier molecular flexibility index (Phi) is 16.3. The quantitative estimate of drug-likeness (QED) is 0.100. The van der Waals surface area contributed by atoms with Crippen LogP contribution in [0.1, 0.15) is 75.5 Å². The average Bonchev–Trinajstić information content (AvgIpc) is 3.60. The summed E-state index contributed by atoms with van der Waals surface area (Å²) >= 11 is 0. The number of cyclic esters (lactones) is 1. The number of hydrogen-bond donors (Lipinski definition) is 3. The minimum atomic E-state index is -1.35. The van der Waals surface area contributed by atoms with Crippen LogP contribution in [0.2, 0.25) is 0 Å². The van der Waals surface area contributed by atoms with Crippen LogP contribution in [-0.4, -0.2) is 101 Å². The van der Waals surface area contributed by atoms with Gasteiger partial charge in [-0.2, -0.15) is 0 Å². The van der Waals surface area contributed by atoms with Gasteiger partial charge < -0.3 is 38.6 Å². The first kappa shape index (κ1) is 47.0. The van der Waals surface area contributed by atoms with Crippen molar-refractivity contribution in [2.24, 2.45) is 5.92 Å². The Hall–Kier alpha value is -5.05. The summed E-state index contributed by atoms with van der Waals surface area (Å²) < 4.78 is 46.9. The molecule has 2 fully saturated rings. The van der Waals surface area contributed by atoms with E-state index < -0.39 is 96.3 Å². The lowest BCUT2D eigenvalue weighted by Gasteiger charge is -2.44. The third-order valence-corrected chi connectivity index (χ3v) is 11.2. The number of aliphatic hydroxyl groups excluding tert-OH is 1. The zero-order chi connectivity index (χ0) is 44.5. The summed E-state index contributed by atoms with van der Waals surface area (Å²) in [5.74, 6) is -5.11. The van der Waals surface area contributed by atoms with Gasteiger partial charge in [0.25, 0.3) is 0 Å². The lowest BCUT2D eigenvalue weighted by molar-refractivity contribution is -0.254. The highest BCUT2D eigenvalue weighted by Crippen LogP contribution is 2.41. The van der Waals surface area contributed by atoms with Gasteiger partial charge in [-0.3, -0.25) is 29.1 Å². The maximum absolute atomic E-state index is 14.2. The molecule has 61 heavy (non-hydrogen) atoms. The van der Waals surface area contributed by atoms with Crippen molar-refractivity contribution in [1.29, 1.82) is 0 Å². The highest BCUT2D eigenvalue weighted by molar-refractivity contribution is 7.16. The standard InChI is InChI=1S/C42H49FN2O14P2/c1-21(46)54-19-35-38(56-22(2)47)40(58-24(4)49)39(57-23(3)48)37(59-35)27-7-5-25(6-8-27)28-11-14-31(34(51)17-28)36(44-61)32(41(52)45-30(20-60)18-55-42(45)53)15-16-33(50)26-9-12-29(43)13-10-26/h5-14,17,30,32-33,35-40,44,50-51H,15-16,18-20,60-61H2,1-4H3/t30-,32-,33+,35-,36-,37?,38-,39+,40+/m1/s1. The number of carbonyl (C=O) groups is 6. The number of nitrogens with one attached hydrogen (secondary N) is 1. The van der Waals surface area contributed by atoms with Crippen LogP contribution in [0, 0.1) is 11.7 Å². The van der Waals surface area contributed by atoms with E-state index in [4.69, 9.17) is 28.4 Å². The third kappa shape index (κ3) is 11.7.